The van der Waals surface area contributed by atoms with Crippen LogP contribution in [0.15, 0.2) is 0 Å². The topological polar surface area (TPSA) is 223 Å². The fourth-order valence-corrected chi connectivity index (χ4v) is 4.15. The van der Waals surface area contributed by atoms with E-state index < -0.39 is 110 Å². The van der Waals surface area contributed by atoms with E-state index in [4.69, 9.17) is 33.2 Å². The van der Waals surface area contributed by atoms with Gasteiger partial charge in [-0.15, -0.1) is 0 Å². The maximum atomic E-state index is 12.2. The van der Waals surface area contributed by atoms with E-state index in [2.05, 4.69) is 5.32 Å². The van der Waals surface area contributed by atoms with Gasteiger partial charge in [-0.05, 0) is 20.8 Å². The first-order valence-electron chi connectivity index (χ1n) is 12.8. The Hall–Kier alpha value is -2.89. The molecule has 16 heteroatoms. The van der Waals surface area contributed by atoms with Gasteiger partial charge in [-0.2, -0.15) is 0 Å². The molecule has 1 amide bonds. The molecule has 0 spiro atoms. The molecule has 0 aromatic rings. The van der Waals surface area contributed by atoms with Gasteiger partial charge in [-0.1, -0.05) is 0 Å². The molecule has 41 heavy (non-hydrogen) atoms. The van der Waals surface area contributed by atoms with Crippen molar-refractivity contribution in [3.8, 4) is 0 Å². The van der Waals surface area contributed by atoms with E-state index in [0.29, 0.717) is 0 Å². The van der Waals surface area contributed by atoms with Crippen molar-refractivity contribution in [3.05, 3.63) is 0 Å². The average molecular weight is 594 g/mol. The molecule has 10 atom stereocenters. The summed E-state index contributed by atoms with van der Waals surface area (Å²) >= 11 is 0. The molecule has 0 saturated carbocycles. The Morgan fingerprint density at radius 2 is 1.29 bits per heavy atom. The summed E-state index contributed by atoms with van der Waals surface area (Å²) in [7, 11) is 0. The van der Waals surface area contributed by atoms with Crippen molar-refractivity contribution in [2.24, 2.45) is 5.41 Å². The molecule has 0 unspecified atom stereocenters. The Balaban J connectivity index is 2.43. The van der Waals surface area contributed by atoms with E-state index in [-0.39, 0.29) is 0 Å². The highest BCUT2D eigenvalue weighted by Gasteiger charge is 2.54. The molecule has 0 radical (unpaired) electrons. The summed E-state index contributed by atoms with van der Waals surface area (Å²) in [5.74, 6) is -3.63. The van der Waals surface area contributed by atoms with Gasteiger partial charge in [0.05, 0.1) is 5.41 Å². The maximum Gasteiger partial charge on any atom is 0.311 e. The Bertz CT molecular complexity index is 965. The molecule has 2 rings (SSSR count). The molecule has 2 aliphatic rings. The van der Waals surface area contributed by atoms with Crippen LogP contribution in [0.3, 0.4) is 0 Å². The van der Waals surface area contributed by atoms with Crippen LogP contribution in [0.1, 0.15) is 48.5 Å². The van der Waals surface area contributed by atoms with E-state index in [1.807, 2.05) is 0 Å². The number of carbonyl (C=O) groups excluding carboxylic acids is 5. The largest absolute Gasteiger partial charge is 0.463 e. The fraction of sp³-hybridized carbons (Fsp3) is 0.800. The van der Waals surface area contributed by atoms with Gasteiger partial charge in [0, 0.05) is 27.7 Å². The number of ether oxygens (including phenoxy) is 7. The van der Waals surface area contributed by atoms with Gasteiger partial charge in [0.15, 0.2) is 24.8 Å². The van der Waals surface area contributed by atoms with E-state index in [9.17, 15) is 39.3 Å². The molecule has 0 bridgehead atoms. The Morgan fingerprint density at radius 1 is 0.732 bits per heavy atom. The quantitative estimate of drug-likeness (QED) is 0.169. The summed E-state index contributed by atoms with van der Waals surface area (Å²) in [5, 5.41) is 34.4. The van der Waals surface area contributed by atoms with Gasteiger partial charge >= 0.3 is 23.9 Å². The van der Waals surface area contributed by atoms with Crippen LogP contribution in [0.25, 0.3) is 0 Å². The van der Waals surface area contributed by atoms with Crippen LogP contribution in [-0.4, -0.2) is 120 Å². The lowest BCUT2D eigenvalue weighted by atomic mass is 9.94. The minimum Gasteiger partial charge on any atom is -0.463 e. The van der Waals surface area contributed by atoms with Gasteiger partial charge in [-0.25, -0.2) is 0 Å². The van der Waals surface area contributed by atoms with Crippen LogP contribution in [0, 0.1) is 5.41 Å². The molecule has 2 aliphatic heterocycles. The Labute approximate surface area is 236 Å². The lowest BCUT2D eigenvalue weighted by molar-refractivity contribution is -0.342. The molecule has 0 aromatic heterocycles. The lowest BCUT2D eigenvalue weighted by Gasteiger charge is -2.48. The molecular weight excluding hydrogens is 554 g/mol. The van der Waals surface area contributed by atoms with Gasteiger partial charge < -0.3 is 53.8 Å². The summed E-state index contributed by atoms with van der Waals surface area (Å²) < 4.78 is 37.8. The molecule has 234 valence electrons. The summed E-state index contributed by atoms with van der Waals surface area (Å²) in [6.45, 7) is 8.19. The SMILES string of the molecule is CC(=O)N[C@H]1[C@H](O[C@@H]2[C@@H](O)[C@H](O)O[C@H](COC(=O)C(C)(C)C)[C@@H]2O)O[C@H](COC(C)=O)[C@@H](OC(C)=O)[C@@H]1OC(C)=O. The van der Waals surface area contributed by atoms with Crippen LogP contribution >= 0.6 is 0 Å². The molecule has 2 heterocycles. The third-order valence-electron chi connectivity index (χ3n) is 6.01. The number of aliphatic hydroxyl groups is 3. The molecule has 2 saturated heterocycles. The number of amides is 1. The maximum absolute atomic E-state index is 12.2. The predicted octanol–water partition coefficient (Wildman–Crippen LogP) is -1.94. The average Bonchev–Trinajstić information content (AvgIpc) is 2.83. The van der Waals surface area contributed by atoms with E-state index >= 15 is 0 Å². The number of aliphatic hydroxyl groups excluding tert-OH is 3. The van der Waals surface area contributed by atoms with E-state index in [1.54, 1.807) is 20.8 Å². The number of esters is 4. The third kappa shape index (κ3) is 9.58. The van der Waals surface area contributed by atoms with Gasteiger partial charge in [0.25, 0.3) is 0 Å². The normalized spacial score (nSPS) is 33.7. The number of carbonyl (C=O) groups is 5. The van der Waals surface area contributed by atoms with Crippen molar-refractivity contribution in [1.82, 2.24) is 5.32 Å². The van der Waals surface area contributed by atoms with Crippen molar-refractivity contribution in [3.63, 3.8) is 0 Å². The highest BCUT2D eigenvalue weighted by molar-refractivity contribution is 5.75. The zero-order valence-electron chi connectivity index (χ0n) is 23.9. The molecular formula is C25H39NO15. The molecule has 0 aliphatic carbocycles. The highest BCUT2D eigenvalue weighted by Crippen LogP contribution is 2.32. The molecule has 2 fully saturated rings. The van der Waals surface area contributed by atoms with Crippen molar-refractivity contribution in [2.45, 2.75) is 110 Å². The van der Waals surface area contributed by atoms with Crippen LogP contribution in [0.5, 0.6) is 0 Å². The lowest BCUT2D eigenvalue weighted by Crippen LogP contribution is -2.69. The zero-order valence-corrected chi connectivity index (χ0v) is 23.9. The number of hydrogen-bond donors (Lipinski definition) is 4. The van der Waals surface area contributed by atoms with Crippen molar-refractivity contribution in [2.75, 3.05) is 13.2 Å². The first-order chi connectivity index (χ1) is 18.9. The van der Waals surface area contributed by atoms with Crippen molar-refractivity contribution in [1.29, 1.82) is 0 Å². The van der Waals surface area contributed by atoms with E-state index in [0.717, 1.165) is 27.7 Å². The Kier molecular flexibility index (Phi) is 12.0. The Morgan fingerprint density at radius 3 is 1.80 bits per heavy atom. The van der Waals surface area contributed by atoms with Crippen LogP contribution < -0.4 is 5.32 Å². The monoisotopic (exact) mass is 593 g/mol. The first kappa shape index (κ1) is 34.3. The molecule has 0 aromatic carbocycles. The second-order valence-electron chi connectivity index (χ2n) is 10.7. The van der Waals surface area contributed by atoms with Crippen LogP contribution in [-0.2, 0) is 57.1 Å². The van der Waals surface area contributed by atoms with Crippen molar-refractivity contribution >= 4 is 29.8 Å². The van der Waals surface area contributed by atoms with Gasteiger partial charge in [-0.3, -0.25) is 24.0 Å². The van der Waals surface area contributed by atoms with E-state index in [1.165, 1.54) is 0 Å². The van der Waals surface area contributed by atoms with Crippen molar-refractivity contribution < 1.29 is 72.5 Å². The number of nitrogens with one attached hydrogen (secondary N) is 1. The first-order valence-corrected chi connectivity index (χ1v) is 12.8. The minimum absolute atomic E-state index is 0.509. The fourth-order valence-electron chi connectivity index (χ4n) is 4.15. The van der Waals surface area contributed by atoms with Crippen LogP contribution in [0.2, 0.25) is 0 Å². The summed E-state index contributed by atoms with van der Waals surface area (Å²) in [5.41, 5.74) is -0.879. The second kappa shape index (κ2) is 14.3. The minimum atomic E-state index is -1.90. The number of hydrogen-bond acceptors (Lipinski definition) is 15. The smallest absolute Gasteiger partial charge is 0.311 e. The highest BCUT2D eigenvalue weighted by atomic mass is 16.7. The van der Waals surface area contributed by atoms with Gasteiger partial charge in [0.2, 0.25) is 5.91 Å². The summed E-state index contributed by atoms with van der Waals surface area (Å²) in [4.78, 5) is 59.8. The summed E-state index contributed by atoms with van der Waals surface area (Å²) in [6.07, 6.45) is -14.3. The van der Waals surface area contributed by atoms with Crippen LogP contribution in [0.4, 0.5) is 0 Å². The molecule has 4 N–H and O–H groups in total. The number of rotatable bonds is 9. The third-order valence-corrected chi connectivity index (χ3v) is 6.01. The standard InChI is InChI=1S/C25H39NO15/c1-10(27)26-16-20(38-13(4)30)19(37-12(3)29)15(9-35-11(2)28)40-23(16)41-21-17(31)14(39-22(33)18(21)32)8-36-24(34)25(5,6)7/h14-23,31-33H,8-9H2,1-7H3,(H,26,27)/t14-,15-,16-,17+,18-,19-,20-,21+,22-,23+/m1/s1. The predicted molar refractivity (Wildman–Crippen MR) is 132 cm³/mol. The molecule has 16 nitrogen and oxygen atoms in total. The van der Waals surface area contributed by atoms with Gasteiger partial charge in [0.1, 0.15) is 49.8 Å². The summed E-state index contributed by atoms with van der Waals surface area (Å²) in [6, 6.07) is -1.40. The zero-order chi connectivity index (χ0) is 31.2. The second-order valence-corrected chi connectivity index (χ2v) is 10.7.